The summed E-state index contributed by atoms with van der Waals surface area (Å²) in [6, 6.07) is 8.05. The van der Waals surface area contributed by atoms with E-state index in [1.165, 1.54) is 24.3 Å². The third kappa shape index (κ3) is 3.71. The molecule has 0 heterocycles. The molecule has 0 spiro atoms. The maximum Gasteiger partial charge on any atom is 0.232 e. The highest BCUT2D eigenvalue weighted by molar-refractivity contribution is 7.91. The zero-order chi connectivity index (χ0) is 12.2. The highest BCUT2D eigenvalue weighted by Gasteiger charge is 2.15. The Balaban J connectivity index is 2.81. The quantitative estimate of drug-likeness (QED) is 0.795. The van der Waals surface area contributed by atoms with E-state index in [0.29, 0.717) is 11.1 Å². The Morgan fingerprint density at radius 3 is 2.31 bits per heavy atom. The third-order valence-corrected chi connectivity index (χ3v) is 3.33. The van der Waals surface area contributed by atoms with Gasteiger partial charge in [-0.2, -0.15) is 5.26 Å². The number of sulfone groups is 1. The normalized spacial score (nSPS) is 10.7. The van der Waals surface area contributed by atoms with Crippen molar-refractivity contribution in [2.24, 2.45) is 5.73 Å². The Bertz CT molecular complexity index is 526. The van der Waals surface area contributed by atoms with Crippen LogP contribution in [0.1, 0.15) is 11.1 Å². The van der Waals surface area contributed by atoms with Gasteiger partial charge in [-0.1, -0.05) is 12.1 Å². The maximum atomic E-state index is 11.4. The Morgan fingerprint density at radius 2 is 1.88 bits per heavy atom. The fraction of sp³-hybridized carbons (Fsp3) is 0.200. The number of hydrogen-bond acceptors (Lipinski definition) is 4. The summed E-state index contributed by atoms with van der Waals surface area (Å²) in [5, 5.41) is 8.55. The third-order valence-electron chi connectivity index (χ3n) is 1.83. The number of primary amides is 1. The van der Waals surface area contributed by atoms with E-state index in [4.69, 9.17) is 11.0 Å². The molecule has 1 amide bonds. The average molecular weight is 238 g/mol. The first-order valence-electron chi connectivity index (χ1n) is 4.41. The van der Waals surface area contributed by atoms with Gasteiger partial charge in [0, 0.05) is 0 Å². The minimum Gasteiger partial charge on any atom is -0.369 e. The van der Waals surface area contributed by atoms with Crippen LogP contribution in [-0.2, 0) is 20.4 Å². The van der Waals surface area contributed by atoms with Crippen molar-refractivity contribution in [1.29, 1.82) is 5.26 Å². The largest absolute Gasteiger partial charge is 0.369 e. The lowest BCUT2D eigenvalue weighted by atomic mass is 10.2. The summed E-state index contributed by atoms with van der Waals surface area (Å²) in [5.74, 6) is -1.78. The average Bonchev–Trinajstić information content (AvgIpc) is 2.16. The van der Waals surface area contributed by atoms with Gasteiger partial charge in [-0.15, -0.1) is 0 Å². The van der Waals surface area contributed by atoms with Gasteiger partial charge in [0.25, 0.3) is 0 Å². The molecule has 1 rings (SSSR count). The van der Waals surface area contributed by atoms with Crippen LogP contribution in [0.25, 0.3) is 0 Å². The van der Waals surface area contributed by atoms with Crippen molar-refractivity contribution < 1.29 is 13.2 Å². The second-order valence-corrected chi connectivity index (χ2v) is 5.37. The van der Waals surface area contributed by atoms with E-state index in [9.17, 15) is 13.2 Å². The minimum absolute atomic E-state index is 0.248. The molecule has 0 aliphatic rings. The zero-order valence-corrected chi connectivity index (χ0v) is 9.20. The van der Waals surface area contributed by atoms with E-state index in [1.54, 1.807) is 0 Å². The molecule has 1 aromatic rings. The molecule has 6 heteroatoms. The second-order valence-electron chi connectivity index (χ2n) is 3.31. The summed E-state index contributed by atoms with van der Waals surface area (Å²) in [6.07, 6.45) is 0. The van der Waals surface area contributed by atoms with Gasteiger partial charge >= 0.3 is 0 Å². The highest BCUT2D eigenvalue weighted by Crippen LogP contribution is 2.08. The van der Waals surface area contributed by atoms with Crippen molar-refractivity contribution >= 4 is 15.7 Å². The second kappa shape index (κ2) is 4.77. The van der Waals surface area contributed by atoms with Crippen LogP contribution >= 0.6 is 0 Å². The van der Waals surface area contributed by atoms with Gasteiger partial charge in [0.05, 0.1) is 17.4 Å². The summed E-state index contributed by atoms with van der Waals surface area (Å²) in [7, 11) is -3.51. The van der Waals surface area contributed by atoms with Crippen molar-refractivity contribution in [2.75, 3.05) is 5.75 Å². The molecule has 5 nitrogen and oxygen atoms in total. The molecule has 0 atom stereocenters. The van der Waals surface area contributed by atoms with E-state index in [0.717, 1.165) is 0 Å². The molecule has 0 unspecified atom stereocenters. The van der Waals surface area contributed by atoms with Gasteiger partial charge in [-0.3, -0.25) is 4.79 Å². The summed E-state index contributed by atoms with van der Waals surface area (Å²) in [4.78, 5) is 10.5. The van der Waals surface area contributed by atoms with Crippen LogP contribution in [0.3, 0.4) is 0 Å². The summed E-state index contributed by atoms with van der Waals surface area (Å²) < 4.78 is 22.8. The predicted molar refractivity (Wildman–Crippen MR) is 57.8 cm³/mol. The summed E-state index contributed by atoms with van der Waals surface area (Å²) in [5.41, 5.74) is 5.80. The van der Waals surface area contributed by atoms with E-state index in [1.807, 2.05) is 6.07 Å². The standard InChI is InChI=1S/C10H10N2O3S/c11-5-8-1-3-9(4-2-8)6-16(14,15)7-10(12)13/h1-4H,6-7H2,(H2,12,13). The van der Waals surface area contributed by atoms with Crippen LogP contribution < -0.4 is 5.73 Å². The monoisotopic (exact) mass is 238 g/mol. The molecule has 84 valence electrons. The fourth-order valence-corrected chi connectivity index (χ4v) is 2.43. The molecule has 0 radical (unpaired) electrons. The summed E-state index contributed by atoms with van der Waals surface area (Å²) in [6.45, 7) is 0. The molecule has 2 N–H and O–H groups in total. The van der Waals surface area contributed by atoms with Gasteiger partial charge in [-0.05, 0) is 17.7 Å². The van der Waals surface area contributed by atoms with Crippen molar-refractivity contribution in [3.63, 3.8) is 0 Å². The number of carbonyl (C=O) groups is 1. The van der Waals surface area contributed by atoms with E-state index >= 15 is 0 Å². The Hall–Kier alpha value is -1.87. The molecule has 0 aromatic heterocycles. The van der Waals surface area contributed by atoms with Crippen molar-refractivity contribution in [2.45, 2.75) is 5.75 Å². The van der Waals surface area contributed by atoms with Gasteiger partial charge < -0.3 is 5.73 Å². The van der Waals surface area contributed by atoms with Gasteiger partial charge in [0.15, 0.2) is 9.84 Å². The van der Waals surface area contributed by atoms with Crippen LogP contribution in [-0.4, -0.2) is 20.1 Å². The number of amides is 1. The first-order valence-corrected chi connectivity index (χ1v) is 6.23. The number of nitrogens with zero attached hydrogens (tertiary/aromatic N) is 1. The number of benzene rings is 1. The zero-order valence-electron chi connectivity index (χ0n) is 8.38. The van der Waals surface area contributed by atoms with Crippen LogP contribution in [0.4, 0.5) is 0 Å². The van der Waals surface area contributed by atoms with Crippen molar-refractivity contribution in [1.82, 2.24) is 0 Å². The van der Waals surface area contributed by atoms with Crippen LogP contribution in [0.2, 0.25) is 0 Å². The van der Waals surface area contributed by atoms with Crippen LogP contribution in [0, 0.1) is 11.3 Å². The molecule has 0 fully saturated rings. The lowest BCUT2D eigenvalue weighted by Crippen LogP contribution is -2.24. The lowest BCUT2D eigenvalue weighted by molar-refractivity contribution is -0.115. The smallest absolute Gasteiger partial charge is 0.232 e. The number of nitriles is 1. The topological polar surface area (TPSA) is 101 Å². The SMILES string of the molecule is N#Cc1ccc(CS(=O)(=O)CC(N)=O)cc1. The highest BCUT2D eigenvalue weighted by atomic mass is 32.2. The van der Waals surface area contributed by atoms with Crippen LogP contribution in [0.5, 0.6) is 0 Å². The van der Waals surface area contributed by atoms with Crippen molar-refractivity contribution in [3.8, 4) is 6.07 Å². The van der Waals surface area contributed by atoms with Gasteiger partial charge in [0.1, 0.15) is 5.75 Å². The lowest BCUT2D eigenvalue weighted by Gasteiger charge is -2.02. The van der Waals surface area contributed by atoms with Crippen LogP contribution in [0.15, 0.2) is 24.3 Å². The Morgan fingerprint density at radius 1 is 1.31 bits per heavy atom. The molecule has 16 heavy (non-hydrogen) atoms. The molecule has 0 aliphatic heterocycles. The summed E-state index contributed by atoms with van der Waals surface area (Å²) >= 11 is 0. The number of carbonyl (C=O) groups excluding carboxylic acids is 1. The molecular formula is C10H10N2O3S. The number of nitrogens with two attached hydrogens (primary N) is 1. The van der Waals surface area contributed by atoms with Gasteiger partial charge in [-0.25, -0.2) is 8.42 Å². The first kappa shape index (κ1) is 12.2. The molecular weight excluding hydrogens is 228 g/mol. The molecule has 0 saturated heterocycles. The Labute approximate surface area is 93.4 Å². The Kier molecular flexibility index (Phi) is 3.64. The minimum atomic E-state index is -3.51. The molecule has 1 aromatic carbocycles. The predicted octanol–water partition coefficient (Wildman–Crippen LogP) is -0.0416. The number of rotatable bonds is 4. The molecule has 0 bridgehead atoms. The van der Waals surface area contributed by atoms with E-state index in [2.05, 4.69) is 0 Å². The van der Waals surface area contributed by atoms with E-state index in [-0.39, 0.29) is 5.75 Å². The van der Waals surface area contributed by atoms with Gasteiger partial charge in [0.2, 0.25) is 5.91 Å². The number of hydrogen-bond donors (Lipinski definition) is 1. The maximum absolute atomic E-state index is 11.4. The molecule has 0 aliphatic carbocycles. The van der Waals surface area contributed by atoms with E-state index < -0.39 is 21.5 Å². The molecule has 0 saturated carbocycles. The van der Waals surface area contributed by atoms with Crippen molar-refractivity contribution in [3.05, 3.63) is 35.4 Å². The first-order chi connectivity index (χ1) is 7.43. The fourth-order valence-electron chi connectivity index (χ4n) is 1.20.